The summed E-state index contributed by atoms with van der Waals surface area (Å²) in [4.78, 5) is 13.3. The molecule has 30 heavy (non-hydrogen) atoms. The Morgan fingerprint density at radius 3 is 2.47 bits per heavy atom. The molecule has 1 aliphatic rings. The van der Waals surface area contributed by atoms with Crippen LogP contribution in [-0.4, -0.2) is 15.7 Å². The Kier molecular flexibility index (Phi) is 5.92. The summed E-state index contributed by atoms with van der Waals surface area (Å²) in [6.07, 6.45) is 5.67. The lowest BCUT2D eigenvalue weighted by molar-refractivity contribution is 0.0947. The lowest BCUT2D eigenvalue weighted by Crippen LogP contribution is -2.23. The molecule has 3 nitrogen and oxygen atoms in total. The topological polar surface area (TPSA) is 34.9 Å². The van der Waals surface area contributed by atoms with Gasteiger partial charge in [0, 0.05) is 28.1 Å². The standard InChI is InChI=1S/C26H27ClN2O/c1-17(2)22-15-9-18(3)24-25(20-11-13-21(27)14-12-20)28-29(26(22)24)23(30)16-10-19-7-5-4-6-8-19/h4-8,10-14,16-18,22H,9,15H2,1-3H3/b16-10+/t18-,22+/m0/s1. The van der Waals surface area contributed by atoms with Crippen molar-refractivity contribution in [3.8, 4) is 11.3 Å². The average molecular weight is 419 g/mol. The van der Waals surface area contributed by atoms with Crippen LogP contribution in [-0.2, 0) is 0 Å². The number of benzene rings is 2. The highest BCUT2D eigenvalue weighted by Crippen LogP contribution is 2.46. The lowest BCUT2D eigenvalue weighted by Gasteiger charge is -2.30. The van der Waals surface area contributed by atoms with Crippen LogP contribution in [0.5, 0.6) is 0 Å². The lowest BCUT2D eigenvalue weighted by atomic mass is 9.75. The first-order valence-electron chi connectivity index (χ1n) is 10.6. The summed E-state index contributed by atoms with van der Waals surface area (Å²) < 4.78 is 1.65. The quantitative estimate of drug-likeness (QED) is 0.420. The van der Waals surface area contributed by atoms with E-state index in [1.165, 1.54) is 5.56 Å². The smallest absolute Gasteiger partial charge is 0.267 e. The molecule has 0 radical (unpaired) electrons. The van der Waals surface area contributed by atoms with E-state index < -0.39 is 0 Å². The van der Waals surface area contributed by atoms with Crippen molar-refractivity contribution in [3.63, 3.8) is 0 Å². The highest BCUT2D eigenvalue weighted by atomic mass is 35.5. The van der Waals surface area contributed by atoms with Gasteiger partial charge < -0.3 is 0 Å². The molecule has 2 aromatic carbocycles. The molecular weight excluding hydrogens is 392 g/mol. The van der Waals surface area contributed by atoms with E-state index in [0.717, 1.165) is 35.4 Å². The van der Waals surface area contributed by atoms with Gasteiger partial charge in [0.25, 0.3) is 5.91 Å². The Hall–Kier alpha value is -2.65. The number of allylic oxidation sites excluding steroid dienone is 1. The van der Waals surface area contributed by atoms with E-state index >= 15 is 0 Å². The summed E-state index contributed by atoms with van der Waals surface area (Å²) in [5, 5.41) is 5.56. The number of carbonyl (C=O) groups is 1. The van der Waals surface area contributed by atoms with E-state index in [4.69, 9.17) is 16.7 Å². The van der Waals surface area contributed by atoms with E-state index in [1.54, 1.807) is 10.8 Å². The third-order valence-corrected chi connectivity index (χ3v) is 6.32. The third-order valence-electron chi connectivity index (χ3n) is 6.06. The van der Waals surface area contributed by atoms with Gasteiger partial charge in [0.2, 0.25) is 0 Å². The molecule has 0 aliphatic heterocycles. The maximum atomic E-state index is 13.3. The molecule has 0 fully saturated rings. The zero-order valence-electron chi connectivity index (χ0n) is 17.7. The molecule has 0 bridgehead atoms. The van der Waals surface area contributed by atoms with Crippen molar-refractivity contribution in [2.24, 2.45) is 5.92 Å². The molecule has 0 N–H and O–H groups in total. The summed E-state index contributed by atoms with van der Waals surface area (Å²) >= 11 is 6.10. The molecule has 0 saturated carbocycles. The van der Waals surface area contributed by atoms with E-state index in [1.807, 2.05) is 60.7 Å². The van der Waals surface area contributed by atoms with Gasteiger partial charge in [0.1, 0.15) is 0 Å². The fraction of sp³-hybridized carbons (Fsp3) is 0.308. The highest BCUT2D eigenvalue weighted by Gasteiger charge is 2.35. The van der Waals surface area contributed by atoms with E-state index in [0.29, 0.717) is 22.8 Å². The average Bonchev–Trinajstić information content (AvgIpc) is 3.15. The van der Waals surface area contributed by atoms with Gasteiger partial charge in [-0.3, -0.25) is 4.79 Å². The van der Waals surface area contributed by atoms with Gasteiger partial charge in [-0.2, -0.15) is 5.10 Å². The minimum atomic E-state index is -0.102. The molecule has 1 heterocycles. The number of fused-ring (bicyclic) bond motifs is 1. The molecule has 2 atom stereocenters. The van der Waals surface area contributed by atoms with Gasteiger partial charge >= 0.3 is 0 Å². The molecule has 0 spiro atoms. The first-order valence-corrected chi connectivity index (χ1v) is 11.0. The number of carbonyl (C=O) groups excluding carboxylic acids is 1. The van der Waals surface area contributed by atoms with Crippen LogP contribution in [0.3, 0.4) is 0 Å². The zero-order valence-corrected chi connectivity index (χ0v) is 18.4. The maximum Gasteiger partial charge on any atom is 0.271 e. The van der Waals surface area contributed by atoms with Crippen LogP contribution >= 0.6 is 11.6 Å². The Morgan fingerprint density at radius 2 is 1.80 bits per heavy atom. The van der Waals surface area contributed by atoms with Crippen LogP contribution < -0.4 is 0 Å². The molecule has 4 rings (SSSR count). The second kappa shape index (κ2) is 8.61. The summed E-state index contributed by atoms with van der Waals surface area (Å²) in [7, 11) is 0. The minimum Gasteiger partial charge on any atom is -0.267 e. The Balaban J connectivity index is 1.83. The van der Waals surface area contributed by atoms with Gasteiger partial charge in [-0.15, -0.1) is 0 Å². The number of rotatable bonds is 4. The number of aromatic nitrogens is 2. The minimum absolute atomic E-state index is 0.102. The first-order chi connectivity index (χ1) is 14.5. The molecule has 1 aliphatic carbocycles. The van der Waals surface area contributed by atoms with Gasteiger partial charge in [0.05, 0.1) is 11.4 Å². The molecule has 154 valence electrons. The number of nitrogens with zero attached hydrogens (tertiary/aromatic N) is 2. The summed E-state index contributed by atoms with van der Waals surface area (Å²) in [5.41, 5.74) is 5.20. The molecule has 0 amide bonds. The summed E-state index contributed by atoms with van der Waals surface area (Å²) in [5.74, 6) is 1.02. The second-order valence-corrected chi connectivity index (χ2v) is 8.91. The third kappa shape index (κ3) is 3.99. The molecule has 0 unspecified atom stereocenters. The van der Waals surface area contributed by atoms with Crippen molar-refractivity contribution in [3.05, 3.63) is 82.5 Å². The Labute approximate surface area is 183 Å². The second-order valence-electron chi connectivity index (χ2n) is 8.48. The Bertz CT molecular complexity index is 1060. The molecule has 4 heteroatoms. The summed E-state index contributed by atoms with van der Waals surface area (Å²) in [6.45, 7) is 6.70. The zero-order chi connectivity index (χ0) is 21.3. The van der Waals surface area contributed by atoms with Crippen molar-refractivity contribution in [2.45, 2.75) is 45.4 Å². The van der Waals surface area contributed by atoms with Crippen molar-refractivity contribution < 1.29 is 4.79 Å². The van der Waals surface area contributed by atoms with Gasteiger partial charge in [-0.05, 0) is 48.4 Å². The van der Waals surface area contributed by atoms with Crippen LogP contribution in [0.25, 0.3) is 17.3 Å². The van der Waals surface area contributed by atoms with Crippen molar-refractivity contribution in [2.75, 3.05) is 0 Å². The largest absolute Gasteiger partial charge is 0.271 e. The van der Waals surface area contributed by atoms with Gasteiger partial charge in [0.15, 0.2) is 0 Å². The van der Waals surface area contributed by atoms with Crippen LogP contribution in [0, 0.1) is 5.92 Å². The van der Waals surface area contributed by atoms with Crippen molar-refractivity contribution in [1.82, 2.24) is 9.78 Å². The van der Waals surface area contributed by atoms with Crippen LogP contribution in [0.1, 0.15) is 67.1 Å². The van der Waals surface area contributed by atoms with Crippen molar-refractivity contribution in [1.29, 1.82) is 0 Å². The van der Waals surface area contributed by atoms with Gasteiger partial charge in [-0.1, -0.05) is 74.8 Å². The van der Waals surface area contributed by atoms with Crippen LogP contribution in [0.4, 0.5) is 0 Å². The molecular formula is C26H27ClN2O. The maximum absolute atomic E-state index is 13.3. The Morgan fingerprint density at radius 1 is 1.10 bits per heavy atom. The van der Waals surface area contributed by atoms with E-state index in [2.05, 4.69) is 20.8 Å². The highest BCUT2D eigenvalue weighted by molar-refractivity contribution is 6.30. The number of hydrogen-bond donors (Lipinski definition) is 0. The number of hydrogen-bond acceptors (Lipinski definition) is 2. The molecule has 1 aromatic heterocycles. The van der Waals surface area contributed by atoms with Crippen LogP contribution in [0.15, 0.2) is 60.7 Å². The van der Waals surface area contributed by atoms with Crippen LogP contribution in [0.2, 0.25) is 5.02 Å². The fourth-order valence-corrected chi connectivity index (χ4v) is 4.56. The summed E-state index contributed by atoms with van der Waals surface area (Å²) in [6, 6.07) is 17.6. The number of halogens is 1. The molecule has 3 aromatic rings. The predicted molar refractivity (Wildman–Crippen MR) is 124 cm³/mol. The monoisotopic (exact) mass is 418 g/mol. The predicted octanol–water partition coefficient (Wildman–Crippen LogP) is 7.19. The normalized spacial score (nSPS) is 18.7. The molecule has 0 saturated heterocycles. The fourth-order valence-electron chi connectivity index (χ4n) is 4.44. The van der Waals surface area contributed by atoms with Gasteiger partial charge in [-0.25, -0.2) is 4.68 Å². The SMILES string of the molecule is CC(C)[C@H]1CC[C@H](C)c2c(-c3ccc(Cl)cc3)nn(C(=O)/C=C/c3ccccc3)c21. The van der Waals surface area contributed by atoms with E-state index in [-0.39, 0.29) is 5.91 Å². The first kappa shape index (κ1) is 20.6. The van der Waals surface area contributed by atoms with Crippen molar-refractivity contribution >= 4 is 23.6 Å². The van der Waals surface area contributed by atoms with E-state index in [9.17, 15) is 4.79 Å².